The van der Waals surface area contributed by atoms with Gasteiger partial charge in [-0.3, -0.25) is 0 Å². The minimum Gasteiger partial charge on any atom is -0.312 e. The third kappa shape index (κ3) is 4.24. The van der Waals surface area contributed by atoms with E-state index in [0.717, 1.165) is 6.54 Å². The standard InChI is InChI=1S/C16H34N2/c1-8-17-14-13(10-9-11-16(14,5)6)18(7)12-15(2,3)4/h13-14,17H,8-12H2,1-7H3. The first-order chi connectivity index (χ1) is 8.17. The second-order valence-corrected chi connectivity index (χ2v) is 7.96. The van der Waals surface area contributed by atoms with E-state index in [1.807, 2.05) is 0 Å². The van der Waals surface area contributed by atoms with Crippen LogP contribution in [-0.4, -0.2) is 37.1 Å². The number of hydrogen-bond donors (Lipinski definition) is 1. The van der Waals surface area contributed by atoms with Crippen LogP contribution in [0.25, 0.3) is 0 Å². The average molecular weight is 254 g/mol. The quantitative estimate of drug-likeness (QED) is 0.826. The van der Waals surface area contributed by atoms with Crippen LogP contribution in [-0.2, 0) is 0 Å². The molecule has 1 saturated carbocycles. The largest absolute Gasteiger partial charge is 0.312 e. The highest BCUT2D eigenvalue weighted by Gasteiger charge is 2.40. The fraction of sp³-hybridized carbons (Fsp3) is 1.00. The van der Waals surface area contributed by atoms with E-state index in [-0.39, 0.29) is 0 Å². The van der Waals surface area contributed by atoms with E-state index >= 15 is 0 Å². The van der Waals surface area contributed by atoms with Gasteiger partial charge in [0, 0.05) is 18.6 Å². The van der Waals surface area contributed by atoms with Crippen molar-refractivity contribution in [1.82, 2.24) is 10.2 Å². The molecule has 2 nitrogen and oxygen atoms in total. The molecule has 18 heavy (non-hydrogen) atoms. The molecule has 2 unspecified atom stereocenters. The predicted molar refractivity (Wildman–Crippen MR) is 81.0 cm³/mol. The van der Waals surface area contributed by atoms with Crippen LogP contribution in [0.3, 0.4) is 0 Å². The molecular weight excluding hydrogens is 220 g/mol. The monoisotopic (exact) mass is 254 g/mol. The van der Waals surface area contributed by atoms with Gasteiger partial charge in [-0.05, 0) is 37.3 Å². The number of rotatable bonds is 4. The Kier molecular flexibility index (Phi) is 5.25. The van der Waals surface area contributed by atoms with Gasteiger partial charge in [-0.15, -0.1) is 0 Å². The summed E-state index contributed by atoms with van der Waals surface area (Å²) in [4.78, 5) is 2.59. The van der Waals surface area contributed by atoms with Gasteiger partial charge in [-0.25, -0.2) is 0 Å². The average Bonchev–Trinajstić information content (AvgIpc) is 2.18. The maximum Gasteiger partial charge on any atom is 0.0274 e. The molecule has 0 radical (unpaired) electrons. The molecule has 0 aromatic carbocycles. The van der Waals surface area contributed by atoms with Crippen molar-refractivity contribution in [2.24, 2.45) is 10.8 Å². The summed E-state index contributed by atoms with van der Waals surface area (Å²) < 4.78 is 0. The van der Waals surface area contributed by atoms with Crippen molar-refractivity contribution in [1.29, 1.82) is 0 Å². The molecule has 2 heteroatoms. The lowest BCUT2D eigenvalue weighted by Crippen LogP contribution is -2.58. The Morgan fingerprint density at radius 2 is 1.89 bits per heavy atom. The van der Waals surface area contributed by atoms with Gasteiger partial charge in [0.1, 0.15) is 0 Å². The molecule has 1 fully saturated rings. The van der Waals surface area contributed by atoms with E-state index in [1.54, 1.807) is 0 Å². The minimum absolute atomic E-state index is 0.382. The molecule has 0 bridgehead atoms. The van der Waals surface area contributed by atoms with Gasteiger partial charge < -0.3 is 10.2 Å². The minimum atomic E-state index is 0.382. The van der Waals surface area contributed by atoms with Gasteiger partial charge in [-0.2, -0.15) is 0 Å². The molecule has 108 valence electrons. The molecule has 1 aliphatic carbocycles. The molecule has 0 saturated heterocycles. The Balaban J connectivity index is 2.77. The molecule has 0 heterocycles. The van der Waals surface area contributed by atoms with E-state index in [4.69, 9.17) is 0 Å². The lowest BCUT2D eigenvalue weighted by molar-refractivity contribution is 0.0471. The molecule has 1 rings (SSSR count). The second kappa shape index (κ2) is 5.92. The summed E-state index contributed by atoms with van der Waals surface area (Å²) in [6.07, 6.45) is 4.06. The van der Waals surface area contributed by atoms with Crippen molar-refractivity contribution in [2.75, 3.05) is 20.1 Å². The molecule has 0 aliphatic heterocycles. The molecule has 1 aliphatic rings. The summed E-state index contributed by atoms with van der Waals surface area (Å²) in [5, 5.41) is 3.75. The van der Waals surface area contributed by atoms with Crippen LogP contribution < -0.4 is 5.32 Å². The van der Waals surface area contributed by atoms with E-state index < -0.39 is 0 Å². The van der Waals surface area contributed by atoms with Crippen molar-refractivity contribution in [2.45, 2.75) is 72.9 Å². The van der Waals surface area contributed by atoms with Gasteiger partial charge >= 0.3 is 0 Å². The van der Waals surface area contributed by atoms with Crippen molar-refractivity contribution >= 4 is 0 Å². The fourth-order valence-electron chi connectivity index (χ4n) is 3.58. The fourth-order valence-corrected chi connectivity index (χ4v) is 3.58. The number of nitrogens with zero attached hydrogens (tertiary/aromatic N) is 1. The maximum atomic E-state index is 3.75. The first kappa shape index (κ1) is 16.0. The number of hydrogen-bond acceptors (Lipinski definition) is 2. The van der Waals surface area contributed by atoms with Crippen LogP contribution >= 0.6 is 0 Å². The third-order valence-corrected chi connectivity index (χ3v) is 4.26. The summed E-state index contributed by atoms with van der Waals surface area (Å²) in [6.45, 7) is 16.3. The molecule has 2 atom stereocenters. The third-order valence-electron chi connectivity index (χ3n) is 4.26. The van der Waals surface area contributed by atoms with Gasteiger partial charge in [0.2, 0.25) is 0 Å². The molecule has 0 aromatic rings. The van der Waals surface area contributed by atoms with Gasteiger partial charge in [0.05, 0.1) is 0 Å². The van der Waals surface area contributed by atoms with E-state index in [2.05, 4.69) is 58.8 Å². The van der Waals surface area contributed by atoms with Crippen LogP contribution in [0, 0.1) is 10.8 Å². The second-order valence-electron chi connectivity index (χ2n) is 7.96. The van der Waals surface area contributed by atoms with Crippen LogP contribution in [0.5, 0.6) is 0 Å². The highest BCUT2D eigenvalue weighted by molar-refractivity contribution is 4.97. The topological polar surface area (TPSA) is 15.3 Å². The van der Waals surface area contributed by atoms with Crippen molar-refractivity contribution in [3.05, 3.63) is 0 Å². The van der Waals surface area contributed by atoms with Crippen molar-refractivity contribution in [3.8, 4) is 0 Å². The Bertz CT molecular complexity index is 252. The highest BCUT2D eigenvalue weighted by Crippen LogP contribution is 2.38. The van der Waals surface area contributed by atoms with Crippen LogP contribution in [0.1, 0.15) is 60.8 Å². The Morgan fingerprint density at radius 1 is 1.28 bits per heavy atom. The van der Waals surface area contributed by atoms with E-state index in [1.165, 1.54) is 25.8 Å². The molecular formula is C16H34N2. The smallest absolute Gasteiger partial charge is 0.0274 e. The van der Waals surface area contributed by atoms with Crippen molar-refractivity contribution in [3.63, 3.8) is 0 Å². The lowest BCUT2D eigenvalue weighted by atomic mass is 9.70. The first-order valence-electron chi connectivity index (χ1n) is 7.61. The van der Waals surface area contributed by atoms with Gasteiger partial charge in [-0.1, -0.05) is 48.0 Å². The molecule has 1 N–H and O–H groups in total. The first-order valence-corrected chi connectivity index (χ1v) is 7.61. The van der Waals surface area contributed by atoms with Crippen molar-refractivity contribution < 1.29 is 0 Å². The molecule has 0 spiro atoms. The Labute approximate surface area is 115 Å². The van der Waals surface area contributed by atoms with Crippen LogP contribution in [0.15, 0.2) is 0 Å². The summed E-state index contributed by atoms with van der Waals surface area (Å²) in [5.41, 5.74) is 0.804. The number of nitrogens with one attached hydrogen (secondary N) is 1. The summed E-state index contributed by atoms with van der Waals surface area (Å²) in [6, 6.07) is 1.32. The maximum absolute atomic E-state index is 3.75. The lowest BCUT2D eigenvalue weighted by Gasteiger charge is -2.49. The van der Waals surface area contributed by atoms with Gasteiger partial charge in [0.25, 0.3) is 0 Å². The predicted octanol–water partition coefficient (Wildman–Crippen LogP) is 3.52. The highest BCUT2D eigenvalue weighted by atomic mass is 15.2. The SMILES string of the molecule is CCNC1C(N(C)CC(C)(C)C)CCCC1(C)C. The van der Waals surface area contributed by atoms with Crippen LogP contribution in [0.4, 0.5) is 0 Å². The summed E-state index contributed by atoms with van der Waals surface area (Å²) >= 11 is 0. The zero-order valence-electron chi connectivity index (χ0n) is 13.6. The van der Waals surface area contributed by atoms with E-state index in [9.17, 15) is 0 Å². The van der Waals surface area contributed by atoms with Crippen LogP contribution in [0.2, 0.25) is 0 Å². The zero-order valence-corrected chi connectivity index (χ0v) is 13.6. The normalized spacial score (nSPS) is 28.7. The Hall–Kier alpha value is -0.0800. The zero-order chi connectivity index (χ0) is 14.0. The van der Waals surface area contributed by atoms with E-state index in [0.29, 0.717) is 22.9 Å². The molecule has 0 amide bonds. The Morgan fingerprint density at radius 3 is 2.39 bits per heavy atom. The number of likely N-dealkylation sites (N-methyl/N-ethyl adjacent to an activating group) is 2. The van der Waals surface area contributed by atoms with Gasteiger partial charge in [0.15, 0.2) is 0 Å². The summed E-state index contributed by atoms with van der Waals surface area (Å²) in [7, 11) is 2.31. The summed E-state index contributed by atoms with van der Waals surface area (Å²) in [5.74, 6) is 0. The molecule has 0 aromatic heterocycles.